The van der Waals surface area contributed by atoms with Crippen LogP contribution < -0.4 is 11.2 Å². The van der Waals surface area contributed by atoms with E-state index in [2.05, 4.69) is 10.5 Å². The molecular weight excluding hydrogens is 250 g/mol. The van der Waals surface area contributed by atoms with Gasteiger partial charge < -0.3 is 5.73 Å². The zero-order valence-electron chi connectivity index (χ0n) is 11.6. The van der Waals surface area contributed by atoms with Gasteiger partial charge in [0.05, 0.1) is 5.71 Å². The zero-order chi connectivity index (χ0) is 14.5. The first-order chi connectivity index (χ1) is 9.56. The van der Waals surface area contributed by atoms with Crippen LogP contribution >= 0.6 is 0 Å². The Hall–Kier alpha value is -2.62. The van der Waals surface area contributed by atoms with Crippen LogP contribution in [0.25, 0.3) is 0 Å². The summed E-state index contributed by atoms with van der Waals surface area (Å²) in [5.74, 6) is -0.225. The van der Waals surface area contributed by atoms with Crippen molar-refractivity contribution in [1.82, 2.24) is 5.43 Å². The van der Waals surface area contributed by atoms with Crippen molar-refractivity contribution in [3.8, 4) is 0 Å². The predicted octanol–water partition coefficient (Wildman–Crippen LogP) is 2.73. The second kappa shape index (κ2) is 6.02. The number of amides is 1. The van der Waals surface area contributed by atoms with Gasteiger partial charge in [-0.3, -0.25) is 4.79 Å². The molecule has 102 valence electrons. The van der Waals surface area contributed by atoms with Crippen molar-refractivity contribution >= 4 is 17.3 Å². The number of nitrogens with zero attached hydrogens (tertiary/aromatic N) is 1. The summed E-state index contributed by atoms with van der Waals surface area (Å²) in [7, 11) is 0. The molecule has 20 heavy (non-hydrogen) atoms. The van der Waals surface area contributed by atoms with Gasteiger partial charge in [0.25, 0.3) is 5.91 Å². The molecule has 0 aliphatic rings. The lowest BCUT2D eigenvalue weighted by Crippen LogP contribution is -2.19. The number of nitrogen functional groups attached to an aromatic ring is 1. The molecule has 2 aromatic carbocycles. The summed E-state index contributed by atoms with van der Waals surface area (Å²) in [6.45, 7) is 3.77. The average Bonchev–Trinajstić information content (AvgIpc) is 2.44. The van der Waals surface area contributed by atoms with Gasteiger partial charge in [-0.25, -0.2) is 5.43 Å². The van der Waals surface area contributed by atoms with Gasteiger partial charge in [-0.2, -0.15) is 5.10 Å². The molecule has 0 fully saturated rings. The Bertz CT molecular complexity index is 662. The summed E-state index contributed by atoms with van der Waals surface area (Å²) in [5, 5.41) is 4.10. The number of anilines is 1. The Morgan fingerprint density at radius 2 is 1.80 bits per heavy atom. The van der Waals surface area contributed by atoms with Gasteiger partial charge >= 0.3 is 0 Å². The monoisotopic (exact) mass is 267 g/mol. The quantitative estimate of drug-likeness (QED) is 0.510. The summed E-state index contributed by atoms with van der Waals surface area (Å²) in [6.07, 6.45) is 0. The lowest BCUT2D eigenvalue weighted by Gasteiger charge is -2.04. The van der Waals surface area contributed by atoms with Crippen LogP contribution in [0.4, 0.5) is 5.69 Å². The number of carbonyl (C=O) groups excluding carboxylic acids is 1. The summed E-state index contributed by atoms with van der Waals surface area (Å²) < 4.78 is 0. The summed E-state index contributed by atoms with van der Waals surface area (Å²) in [6, 6.07) is 14.7. The van der Waals surface area contributed by atoms with E-state index in [1.165, 1.54) is 0 Å². The van der Waals surface area contributed by atoms with Gasteiger partial charge in [0.1, 0.15) is 0 Å². The van der Waals surface area contributed by atoms with Crippen LogP contribution in [-0.4, -0.2) is 11.6 Å². The number of nitrogens with one attached hydrogen (secondary N) is 1. The molecule has 0 heterocycles. The SMILES string of the molecule is CC(=NNC(=O)c1cccc(C)c1)c1cccc(N)c1. The maximum atomic E-state index is 12.0. The minimum atomic E-state index is -0.225. The molecular formula is C16H17N3O. The largest absolute Gasteiger partial charge is 0.399 e. The summed E-state index contributed by atoms with van der Waals surface area (Å²) in [5.41, 5.74) is 12.2. The standard InChI is InChI=1S/C16H17N3O/c1-11-5-3-7-14(9-11)16(20)19-18-12(2)13-6-4-8-15(17)10-13/h3-10H,17H2,1-2H3,(H,19,20). The molecule has 0 aliphatic carbocycles. The van der Waals surface area contributed by atoms with Crippen molar-refractivity contribution in [3.63, 3.8) is 0 Å². The molecule has 0 aliphatic heterocycles. The van der Waals surface area contributed by atoms with E-state index in [9.17, 15) is 4.79 Å². The fourth-order valence-electron chi connectivity index (χ4n) is 1.81. The molecule has 0 atom stereocenters. The van der Waals surface area contributed by atoms with Crippen molar-refractivity contribution in [3.05, 3.63) is 65.2 Å². The lowest BCUT2D eigenvalue weighted by molar-refractivity contribution is 0.0954. The molecule has 0 saturated heterocycles. The first-order valence-corrected chi connectivity index (χ1v) is 6.33. The average molecular weight is 267 g/mol. The molecule has 0 spiro atoms. The van der Waals surface area contributed by atoms with Crippen LogP contribution in [-0.2, 0) is 0 Å². The highest BCUT2D eigenvalue weighted by molar-refractivity contribution is 6.01. The Balaban J connectivity index is 2.11. The number of rotatable bonds is 3. The maximum absolute atomic E-state index is 12.0. The normalized spacial score (nSPS) is 11.2. The van der Waals surface area contributed by atoms with Gasteiger partial charge in [-0.05, 0) is 43.7 Å². The highest BCUT2D eigenvalue weighted by Gasteiger charge is 2.04. The predicted molar refractivity (Wildman–Crippen MR) is 81.7 cm³/mol. The molecule has 0 unspecified atom stereocenters. The van der Waals surface area contributed by atoms with Crippen molar-refractivity contribution in [2.45, 2.75) is 13.8 Å². The Labute approximate surface area is 118 Å². The van der Waals surface area contributed by atoms with E-state index in [1.807, 2.05) is 56.3 Å². The number of hydrogen-bond donors (Lipinski definition) is 2. The Morgan fingerprint density at radius 3 is 2.50 bits per heavy atom. The summed E-state index contributed by atoms with van der Waals surface area (Å²) in [4.78, 5) is 12.0. The molecule has 1 amide bonds. The maximum Gasteiger partial charge on any atom is 0.271 e. The molecule has 4 nitrogen and oxygen atoms in total. The van der Waals surface area contributed by atoms with Crippen LogP contribution in [0.3, 0.4) is 0 Å². The van der Waals surface area contributed by atoms with E-state index in [-0.39, 0.29) is 5.91 Å². The first kappa shape index (κ1) is 13.8. The molecule has 0 aromatic heterocycles. The van der Waals surface area contributed by atoms with E-state index in [4.69, 9.17) is 5.73 Å². The van der Waals surface area contributed by atoms with E-state index in [0.29, 0.717) is 17.0 Å². The summed E-state index contributed by atoms with van der Waals surface area (Å²) >= 11 is 0. The van der Waals surface area contributed by atoms with Crippen LogP contribution in [0, 0.1) is 6.92 Å². The minimum absolute atomic E-state index is 0.225. The van der Waals surface area contributed by atoms with E-state index in [1.54, 1.807) is 6.07 Å². The van der Waals surface area contributed by atoms with E-state index >= 15 is 0 Å². The van der Waals surface area contributed by atoms with Crippen molar-refractivity contribution < 1.29 is 4.79 Å². The fourth-order valence-corrected chi connectivity index (χ4v) is 1.81. The van der Waals surface area contributed by atoms with Crippen LogP contribution in [0.5, 0.6) is 0 Å². The third-order valence-electron chi connectivity index (χ3n) is 2.91. The second-order valence-electron chi connectivity index (χ2n) is 4.63. The Morgan fingerprint density at radius 1 is 1.10 bits per heavy atom. The van der Waals surface area contributed by atoms with Gasteiger partial charge in [0.15, 0.2) is 0 Å². The smallest absolute Gasteiger partial charge is 0.271 e. The number of hydrazone groups is 1. The number of hydrogen-bond acceptors (Lipinski definition) is 3. The molecule has 0 radical (unpaired) electrons. The van der Waals surface area contributed by atoms with Gasteiger partial charge in [-0.1, -0.05) is 29.8 Å². The van der Waals surface area contributed by atoms with E-state index in [0.717, 1.165) is 11.1 Å². The number of benzene rings is 2. The number of aryl methyl sites for hydroxylation is 1. The molecule has 0 saturated carbocycles. The number of nitrogens with two attached hydrogens (primary N) is 1. The molecule has 4 heteroatoms. The molecule has 2 rings (SSSR count). The fraction of sp³-hybridized carbons (Fsp3) is 0.125. The highest BCUT2D eigenvalue weighted by atomic mass is 16.2. The van der Waals surface area contributed by atoms with Gasteiger partial charge in [-0.15, -0.1) is 0 Å². The van der Waals surface area contributed by atoms with Crippen LogP contribution in [0.15, 0.2) is 53.6 Å². The van der Waals surface area contributed by atoms with Crippen molar-refractivity contribution in [2.24, 2.45) is 5.10 Å². The topological polar surface area (TPSA) is 67.5 Å². The Kier molecular flexibility index (Phi) is 4.15. The molecule has 3 N–H and O–H groups in total. The van der Waals surface area contributed by atoms with Crippen molar-refractivity contribution in [1.29, 1.82) is 0 Å². The van der Waals surface area contributed by atoms with Crippen LogP contribution in [0.2, 0.25) is 0 Å². The molecule has 0 bridgehead atoms. The minimum Gasteiger partial charge on any atom is -0.399 e. The third kappa shape index (κ3) is 3.45. The first-order valence-electron chi connectivity index (χ1n) is 6.33. The van der Waals surface area contributed by atoms with Gasteiger partial charge in [0.2, 0.25) is 0 Å². The number of carbonyl (C=O) groups is 1. The van der Waals surface area contributed by atoms with Gasteiger partial charge in [0, 0.05) is 11.3 Å². The highest BCUT2D eigenvalue weighted by Crippen LogP contribution is 2.08. The zero-order valence-corrected chi connectivity index (χ0v) is 11.6. The van der Waals surface area contributed by atoms with Crippen molar-refractivity contribution in [2.75, 3.05) is 5.73 Å². The lowest BCUT2D eigenvalue weighted by atomic mass is 10.1. The van der Waals surface area contributed by atoms with E-state index < -0.39 is 0 Å². The third-order valence-corrected chi connectivity index (χ3v) is 2.91. The second-order valence-corrected chi connectivity index (χ2v) is 4.63. The van der Waals surface area contributed by atoms with Crippen LogP contribution in [0.1, 0.15) is 28.4 Å². The molecule has 2 aromatic rings.